The van der Waals surface area contributed by atoms with Gasteiger partial charge in [-0.1, -0.05) is 19.1 Å². The molecule has 0 aromatic heterocycles. The number of carbonyl (C=O) groups excluding carboxylic acids is 2. The lowest BCUT2D eigenvalue weighted by atomic mass is 10.2. The van der Waals surface area contributed by atoms with Crippen LogP contribution in [0.2, 0.25) is 0 Å². The zero-order chi connectivity index (χ0) is 14.1. The molecule has 0 fully saturated rings. The van der Waals surface area contributed by atoms with Gasteiger partial charge in [0.15, 0.2) is 6.61 Å². The quantitative estimate of drug-likeness (QED) is 0.755. The summed E-state index contributed by atoms with van der Waals surface area (Å²) in [5.74, 6) is 0.0418. The van der Waals surface area contributed by atoms with Crippen LogP contribution in [0.3, 0.4) is 0 Å². The minimum absolute atomic E-state index is 0.0629. The van der Waals surface area contributed by atoms with Gasteiger partial charge in [0.1, 0.15) is 5.75 Å². The number of ether oxygens (including phenoxy) is 2. The Morgan fingerprint density at radius 3 is 2.47 bits per heavy atom. The number of hydrogen-bond donors (Lipinski definition) is 1. The number of amides is 1. The maximum absolute atomic E-state index is 11.4. The Hall–Kier alpha value is -2.04. The number of methoxy groups -OCH3 is 1. The van der Waals surface area contributed by atoms with Crippen molar-refractivity contribution < 1.29 is 19.1 Å². The van der Waals surface area contributed by atoms with E-state index < -0.39 is 0 Å². The molecule has 0 aliphatic rings. The van der Waals surface area contributed by atoms with E-state index in [0.29, 0.717) is 5.75 Å². The largest absolute Gasteiger partial charge is 0.484 e. The second-order valence-electron chi connectivity index (χ2n) is 3.96. The average molecular weight is 265 g/mol. The van der Waals surface area contributed by atoms with Crippen molar-refractivity contribution in [2.75, 3.05) is 20.3 Å². The standard InChI is InChI=1S/C14H19NO4/c1-3-11-4-6-12(7-5-11)19-10-13(16)15-9-8-14(17)18-2/h4-7H,3,8-10H2,1-2H3,(H,15,16). The molecule has 1 N–H and O–H groups in total. The third kappa shape index (κ3) is 5.90. The molecular weight excluding hydrogens is 246 g/mol. The first-order chi connectivity index (χ1) is 9.15. The first-order valence-electron chi connectivity index (χ1n) is 6.21. The molecule has 0 aliphatic carbocycles. The molecule has 1 amide bonds. The van der Waals surface area contributed by atoms with E-state index >= 15 is 0 Å². The summed E-state index contributed by atoms with van der Waals surface area (Å²) in [6.45, 7) is 2.26. The molecule has 19 heavy (non-hydrogen) atoms. The number of nitrogens with one attached hydrogen (secondary N) is 1. The van der Waals surface area contributed by atoms with Crippen molar-refractivity contribution in [2.45, 2.75) is 19.8 Å². The van der Waals surface area contributed by atoms with Gasteiger partial charge in [-0.2, -0.15) is 0 Å². The zero-order valence-corrected chi connectivity index (χ0v) is 11.3. The predicted molar refractivity (Wildman–Crippen MR) is 71.0 cm³/mol. The summed E-state index contributed by atoms with van der Waals surface area (Å²) in [6, 6.07) is 7.59. The lowest BCUT2D eigenvalue weighted by Crippen LogP contribution is -2.30. The van der Waals surface area contributed by atoms with Crippen molar-refractivity contribution in [3.63, 3.8) is 0 Å². The van der Waals surface area contributed by atoms with Crippen LogP contribution in [0, 0.1) is 0 Å². The highest BCUT2D eigenvalue weighted by atomic mass is 16.5. The molecule has 0 heterocycles. The molecule has 104 valence electrons. The van der Waals surface area contributed by atoms with Crippen LogP contribution in [0.5, 0.6) is 5.75 Å². The van der Waals surface area contributed by atoms with Gasteiger partial charge in [0.2, 0.25) is 0 Å². The van der Waals surface area contributed by atoms with Crippen LogP contribution in [-0.2, 0) is 20.7 Å². The summed E-state index contributed by atoms with van der Waals surface area (Å²) >= 11 is 0. The highest BCUT2D eigenvalue weighted by molar-refractivity contribution is 5.78. The Morgan fingerprint density at radius 2 is 1.89 bits per heavy atom. The highest BCUT2D eigenvalue weighted by Gasteiger charge is 2.04. The van der Waals surface area contributed by atoms with E-state index in [1.54, 1.807) is 0 Å². The molecule has 0 saturated heterocycles. The summed E-state index contributed by atoms with van der Waals surface area (Å²) in [6.07, 6.45) is 1.13. The highest BCUT2D eigenvalue weighted by Crippen LogP contribution is 2.12. The molecule has 0 aliphatic heterocycles. The van der Waals surface area contributed by atoms with Gasteiger partial charge in [-0.05, 0) is 24.1 Å². The van der Waals surface area contributed by atoms with Crippen LogP contribution in [0.1, 0.15) is 18.9 Å². The van der Waals surface area contributed by atoms with E-state index in [1.165, 1.54) is 12.7 Å². The lowest BCUT2D eigenvalue weighted by molar-refractivity contribution is -0.140. The van der Waals surface area contributed by atoms with Crippen LogP contribution >= 0.6 is 0 Å². The smallest absolute Gasteiger partial charge is 0.307 e. The van der Waals surface area contributed by atoms with Crippen molar-refractivity contribution in [1.82, 2.24) is 5.32 Å². The van der Waals surface area contributed by atoms with Gasteiger partial charge in [-0.25, -0.2) is 0 Å². The summed E-state index contributed by atoms with van der Waals surface area (Å²) < 4.78 is 9.78. The predicted octanol–water partition coefficient (Wildman–Crippen LogP) is 1.31. The van der Waals surface area contributed by atoms with Crippen molar-refractivity contribution >= 4 is 11.9 Å². The first kappa shape index (κ1) is 15.0. The molecule has 1 rings (SSSR count). The van der Waals surface area contributed by atoms with Gasteiger partial charge in [-0.15, -0.1) is 0 Å². The fourth-order valence-electron chi connectivity index (χ4n) is 1.43. The van der Waals surface area contributed by atoms with Crippen LogP contribution in [0.15, 0.2) is 24.3 Å². The lowest BCUT2D eigenvalue weighted by Gasteiger charge is -2.07. The Labute approximate surface area is 112 Å². The summed E-state index contributed by atoms with van der Waals surface area (Å²) in [5.41, 5.74) is 1.22. The van der Waals surface area contributed by atoms with Crippen molar-refractivity contribution in [3.05, 3.63) is 29.8 Å². The van der Waals surface area contributed by atoms with Crippen LogP contribution < -0.4 is 10.1 Å². The van der Waals surface area contributed by atoms with Gasteiger partial charge in [0, 0.05) is 6.54 Å². The monoisotopic (exact) mass is 265 g/mol. The van der Waals surface area contributed by atoms with Gasteiger partial charge in [0.25, 0.3) is 5.91 Å². The minimum atomic E-state index is -0.351. The summed E-state index contributed by atoms with van der Waals surface area (Å²) in [4.78, 5) is 22.2. The van der Waals surface area contributed by atoms with E-state index in [2.05, 4.69) is 17.0 Å². The topological polar surface area (TPSA) is 64.6 Å². The molecule has 0 radical (unpaired) electrons. The van der Waals surface area contributed by atoms with Crippen LogP contribution in [-0.4, -0.2) is 32.1 Å². The Balaban J connectivity index is 2.23. The van der Waals surface area contributed by atoms with E-state index in [0.717, 1.165) is 6.42 Å². The molecule has 1 aromatic carbocycles. The minimum Gasteiger partial charge on any atom is -0.484 e. The van der Waals surface area contributed by atoms with E-state index in [1.807, 2.05) is 24.3 Å². The second-order valence-corrected chi connectivity index (χ2v) is 3.96. The fraction of sp³-hybridized carbons (Fsp3) is 0.429. The summed E-state index contributed by atoms with van der Waals surface area (Å²) in [7, 11) is 1.31. The number of aryl methyl sites for hydroxylation is 1. The number of benzene rings is 1. The third-order valence-electron chi connectivity index (χ3n) is 2.58. The van der Waals surface area contributed by atoms with E-state index in [9.17, 15) is 9.59 Å². The number of esters is 1. The molecule has 5 heteroatoms. The maximum Gasteiger partial charge on any atom is 0.307 e. The van der Waals surface area contributed by atoms with Crippen molar-refractivity contribution in [1.29, 1.82) is 0 Å². The Bertz CT molecular complexity index is 414. The Kier molecular flexibility index (Phi) is 6.43. The van der Waals surface area contributed by atoms with Crippen LogP contribution in [0.25, 0.3) is 0 Å². The van der Waals surface area contributed by atoms with E-state index in [4.69, 9.17) is 4.74 Å². The maximum atomic E-state index is 11.4. The Morgan fingerprint density at radius 1 is 1.21 bits per heavy atom. The third-order valence-corrected chi connectivity index (χ3v) is 2.58. The molecular formula is C14H19NO4. The molecule has 0 atom stereocenters. The van der Waals surface area contributed by atoms with Crippen molar-refractivity contribution in [3.8, 4) is 5.75 Å². The number of hydrogen-bond acceptors (Lipinski definition) is 4. The van der Waals surface area contributed by atoms with Gasteiger partial charge >= 0.3 is 5.97 Å². The first-order valence-corrected chi connectivity index (χ1v) is 6.21. The number of carbonyl (C=O) groups is 2. The summed E-state index contributed by atoms with van der Waals surface area (Å²) in [5, 5.41) is 2.58. The number of rotatable bonds is 7. The fourth-order valence-corrected chi connectivity index (χ4v) is 1.43. The van der Waals surface area contributed by atoms with Crippen molar-refractivity contribution in [2.24, 2.45) is 0 Å². The molecule has 0 bridgehead atoms. The van der Waals surface area contributed by atoms with Gasteiger partial charge in [-0.3, -0.25) is 9.59 Å². The molecule has 0 saturated carbocycles. The molecule has 5 nitrogen and oxygen atoms in total. The molecule has 0 unspecified atom stereocenters. The molecule has 1 aromatic rings. The average Bonchev–Trinajstić information content (AvgIpc) is 2.45. The van der Waals surface area contributed by atoms with E-state index in [-0.39, 0.29) is 31.4 Å². The zero-order valence-electron chi connectivity index (χ0n) is 11.3. The SMILES string of the molecule is CCc1ccc(OCC(=O)NCCC(=O)OC)cc1. The van der Waals surface area contributed by atoms with Crippen LogP contribution in [0.4, 0.5) is 0 Å². The van der Waals surface area contributed by atoms with Gasteiger partial charge in [0.05, 0.1) is 13.5 Å². The molecule has 0 spiro atoms. The van der Waals surface area contributed by atoms with Gasteiger partial charge < -0.3 is 14.8 Å². The second kappa shape index (κ2) is 8.13. The normalized spacial score (nSPS) is 9.79.